The second-order valence-corrected chi connectivity index (χ2v) is 6.73. The zero-order chi connectivity index (χ0) is 9.53. The van der Waals surface area contributed by atoms with E-state index in [1.807, 2.05) is 0 Å². The summed E-state index contributed by atoms with van der Waals surface area (Å²) in [5, 5.41) is 3.22. The SMILES string of the molecule is CS(=O)(=O)C1CCCC12CCNC2. The second-order valence-electron chi connectivity index (χ2n) is 4.50. The highest BCUT2D eigenvalue weighted by molar-refractivity contribution is 7.91. The van der Waals surface area contributed by atoms with Gasteiger partial charge < -0.3 is 5.32 Å². The van der Waals surface area contributed by atoms with E-state index in [-0.39, 0.29) is 10.7 Å². The van der Waals surface area contributed by atoms with E-state index in [0.29, 0.717) is 0 Å². The molecule has 1 N–H and O–H groups in total. The minimum Gasteiger partial charge on any atom is -0.316 e. The molecule has 2 rings (SSSR count). The normalized spacial score (nSPS) is 40.2. The summed E-state index contributed by atoms with van der Waals surface area (Å²) in [5.41, 5.74) is 0.0909. The Bertz CT molecular complexity index is 285. The highest BCUT2D eigenvalue weighted by Gasteiger charge is 2.49. The summed E-state index contributed by atoms with van der Waals surface area (Å²) >= 11 is 0. The van der Waals surface area contributed by atoms with Crippen molar-refractivity contribution in [3.63, 3.8) is 0 Å². The molecule has 2 atom stereocenters. The molecule has 76 valence electrons. The average molecular weight is 203 g/mol. The van der Waals surface area contributed by atoms with Crippen LogP contribution in [-0.4, -0.2) is 33.0 Å². The Morgan fingerprint density at radius 2 is 2.15 bits per heavy atom. The van der Waals surface area contributed by atoms with Gasteiger partial charge in [-0.25, -0.2) is 8.42 Å². The molecule has 1 saturated carbocycles. The first kappa shape index (κ1) is 9.46. The standard InChI is InChI=1S/C9H17NO2S/c1-13(11,12)8-3-2-4-9(8)5-6-10-7-9/h8,10H,2-7H2,1H3. The van der Waals surface area contributed by atoms with Gasteiger partial charge in [-0.15, -0.1) is 0 Å². The van der Waals surface area contributed by atoms with Crippen LogP contribution in [0.4, 0.5) is 0 Å². The van der Waals surface area contributed by atoms with Crippen LogP contribution >= 0.6 is 0 Å². The van der Waals surface area contributed by atoms with Crippen molar-refractivity contribution in [2.45, 2.75) is 30.9 Å². The molecule has 2 unspecified atom stereocenters. The fourth-order valence-corrected chi connectivity index (χ4v) is 4.85. The minimum absolute atomic E-state index is 0.0741. The largest absolute Gasteiger partial charge is 0.316 e. The summed E-state index contributed by atoms with van der Waals surface area (Å²) in [6.07, 6.45) is 5.49. The van der Waals surface area contributed by atoms with Gasteiger partial charge in [0.1, 0.15) is 0 Å². The van der Waals surface area contributed by atoms with Gasteiger partial charge >= 0.3 is 0 Å². The van der Waals surface area contributed by atoms with Crippen molar-refractivity contribution in [3.05, 3.63) is 0 Å². The molecule has 1 spiro atoms. The lowest BCUT2D eigenvalue weighted by Crippen LogP contribution is -2.37. The second kappa shape index (κ2) is 2.95. The Kier molecular flexibility index (Phi) is 2.15. The number of hydrogen-bond donors (Lipinski definition) is 1. The van der Waals surface area contributed by atoms with E-state index in [9.17, 15) is 8.42 Å². The quantitative estimate of drug-likeness (QED) is 0.677. The molecule has 1 aliphatic carbocycles. The van der Waals surface area contributed by atoms with Crippen LogP contribution in [0.5, 0.6) is 0 Å². The fourth-order valence-electron chi connectivity index (χ4n) is 3.03. The monoisotopic (exact) mass is 203 g/mol. The third-order valence-electron chi connectivity index (χ3n) is 3.62. The van der Waals surface area contributed by atoms with Gasteiger partial charge in [0.2, 0.25) is 0 Å². The smallest absolute Gasteiger partial charge is 0.150 e. The molecule has 0 radical (unpaired) electrons. The fraction of sp³-hybridized carbons (Fsp3) is 1.00. The molecular formula is C9H17NO2S. The van der Waals surface area contributed by atoms with Crippen LogP contribution in [0.15, 0.2) is 0 Å². The van der Waals surface area contributed by atoms with Crippen molar-refractivity contribution in [2.24, 2.45) is 5.41 Å². The first-order chi connectivity index (χ1) is 6.05. The highest BCUT2D eigenvalue weighted by Crippen LogP contribution is 2.46. The Balaban J connectivity index is 2.28. The van der Waals surface area contributed by atoms with Crippen LogP contribution in [0.2, 0.25) is 0 Å². The zero-order valence-corrected chi connectivity index (χ0v) is 8.86. The van der Waals surface area contributed by atoms with Crippen molar-refractivity contribution in [2.75, 3.05) is 19.3 Å². The maximum absolute atomic E-state index is 11.6. The molecular weight excluding hydrogens is 186 g/mol. The molecule has 0 aromatic heterocycles. The van der Waals surface area contributed by atoms with Crippen LogP contribution in [-0.2, 0) is 9.84 Å². The third kappa shape index (κ3) is 1.50. The molecule has 2 fully saturated rings. The highest BCUT2D eigenvalue weighted by atomic mass is 32.2. The molecule has 1 aliphatic heterocycles. The molecule has 0 aromatic rings. The predicted molar refractivity (Wildman–Crippen MR) is 52.4 cm³/mol. The van der Waals surface area contributed by atoms with Crippen LogP contribution in [0, 0.1) is 5.41 Å². The van der Waals surface area contributed by atoms with Crippen molar-refractivity contribution in [1.82, 2.24) is 5.32 Å². The van der Waals surface area contributed by atoms with E-state index in [0.717, 1.165) is 38.8 Å². The van der Waals surface area contributed by atoms with E-state index < -0.39 is 9.84 Å². The first-order valence-corrected chi connectivity index (χ1v) is 6.90. The van der Waals surface area contributed by atoms with E-state index in [2.05, 4.69) is 5.32 Å². The summed E-state index contributed by atoms with van der Waals surface area (Å²) in [6, 6.07) is 0. The topological polar surface area (TPSA) is 46.2 Å². The lowest BCUT2D eigenvalue weighted by molar-refractivity contribution is 0.336. The van der Waals surface area contributed by atoms with E-state index >= 15 is 0 Å². The number of hydrogen-bond acceptors (Lipinski definition) is 3. The van der Waals surface area contributed by atoms with Gasteiger partial charge in [0.15, 0.2) is 9.84 Å². The molecule has 0 aromatic carbocycles. The van der Waals surface area contributed by atoms with Gasteiger partial charge in [-0.3, -0.25) is 0 Å². The molecule has 3 nitrogen and oxygen atoms in total. The molecule has 13 heavy (non-hydrogen) atoms. The van der Waals surface area contributed by atoms with Gasteiger partial charge in [-0.2, -0.15) is 0 Å². The summed E-state index contributed by atoms with van der Waals surface area (Å²) < 4.78 is 23.1. The van der Waals surface area contributed by atoms with Gasteiger partial charge in [-0.1, -0.05) is 6.42 Å². The summed E-state index contributed by atoms with van der Waals surface area (Å²) in [5.74, 6) is 0. The van der Waals surface area contributed by atoms with Gasteiger partial charge in [0.05, 0.1) is 5.25 Å². The third-order valence-corrected chi connectivity index (χ3v) is 5.39. The Labute approximate surface area is 79.8 Å². The lowest BCUT2D eigenvalue weighted by Gasteiger charge is -2.28. The van der Waals surface area contributed by atoms with E-state index in [1.165, 1.54) is 6.26 Å². The maximum atomic E-state index is 11.6. The summed E-state index contributed by atoms with van der Waals surface area (Å²) in [7, 11) is -2.83. The molecule has 4 heteroatoms. The summed E-state index contributed by atoms with van der Waals surface area (Å²) in [6.45, 7) is 1.90. The zero-order valence-electron chi connectivity index (χ0n) is 8.04. The van der Waals surface area contributed by atoms with Crippen molar-refractivity contribution in [3.8, 4) is 0 Å². The Morgan fingerprint density at radius 1 is 1.38 bits per heavy atom. The van der Waals surface area contributed by atoms with Crippen molar-refractivity contribution < 1.29 is 8.42 Å². The van der Waals surface area contributed by atoms with Gasteiger partial charge in [0, 0.05) is 18.2 Å². The lowest BCUT2D eigenvalue weighted by atomic mass is 9.85. The number of sulfone groups is 1. The maximum Gasteiger partial charge on any atom is 0.150 e. The van der Waals surface area contributed by atoms with Gasteiger partial charge in [0.25, 0.3) is 0 Å². The van der Waals surface area contributed by atoms with Crippen LogP contribution in [0.25, 0.3) is 0 Å². The molecule has 1 saturated heterocycles. The Morgan fingerprint density at radius 3 is 2.69 bits per heavy atom. The van der Waals surface area contributed by atoms with Crippen LogP contribution < -0.4 is 5.32 Å². The average Bonchev–Trinajstić information content (AvgIpc) is 2.60. The van der Waals surface area contributed by atoms with Gasteiger partial charge in [-0.05, 0) is 25.8 Å². The number of nitrogens with one attached hydrogen (secondary N) is 1. The predicted octanol–water partition coefficient (Wildman–Crippen LogP) is 0.563. The molecule has 0 amide bonds. The molecule has 0 bridgehead atoms. The van der Waals surface area contributed by atoms with E-state index in [4.69, 9.17) is 0 Å². The van der Waals surface area contributed by atoms with E-state index in [1.54, 1.807) is 0 Å². The number of rotatable bonds is 1. The van der Waals surface area contributed by atoms with Crippen LogP contribution in [0.3, 0.4) is 0 Å². The Hall–Kier alpha value is -0.0900. The molecule has 2 aliphatic rings. The minimum atomic E-state index is -2.83. The van der Waals surface area contributed by atoms with Crippen LogP contribution in [0.1, 0.15) is 25.7 Å². The molecule has 1 heterocycles. The van der Waals surface area contributed by atoms with Crippen molar-refractivity contribution in [1.29, 1.82) is 0 Å². The summed E-state index contributed by atoms with van der Waals surface area (Å²) in [4.78, 5) is 0. The first-order valence-electron chi connectivity index (χ1n) is 4.94. The van der Waals surface area contributed by atoms with Crippen molar-refractivity contribution >= 4 is 9.84 Å².